The maximum atomic E-state index is 12.1. The third-order valence-electron chi connectivity index (χ3n) is 3.22. The van der Waals surface area contributed by atoms with Crippen LogP contribution in [0.2, 0.25) is 0 Å². The van der Waals surface area contributed by atoms with Gasteiger partial charge in [0.15, 0.2) is 0 Å². The fraction of sp³-hybridized carbons (Fsp3) is 0.769. The van der Waals surface area contributed by atoms with Gasteiger partial charge in [-0.1, -0.05) is 6.92 Å². The molecule has 6 heteroatoms. The molecule has 0 saturated carbocycles. The smallest absolute Gasteiger partial charge is 0.236 e. The molecule has 0 aromatic carbocycles. The molecule has 108 valence electrons. The highest BCUT2D eigenvalue weighted by Crippen LogP contribution is 2.06. The van der Waals surface area contributed by atoms with Crippen LogP contribution in [0.25, 0.3) is 0 Å². The van der Waals surface area contributed by atoms with Crippen LogP contribution in [0, 0.1) is 0 Å². The summed E-state index contributed by atoms with van der Waals surface area (Å²) in [6.45, 7) is 6.53. The summed E-state index contributed by atoms with van der Waals surface area (Å²) < 4.78 is 0. The molecule has 0 bridgehead atoms. The Morgan fingerprint density at radius 1 is 1.21 bits per heavy atom. The minimum atomic E-state index is -0.0639. The first kappa shape index (κ1) is 15.6. The van der Waals surface area contributed by atoms with Gasteiger partial charge in [-0.25, -0.2) is 0 Å². The van der Waals surface area contributed by atoms with Gasteiger partial charge in [-0.15, -0.1) is 0 Å². The number of rotatable bonds is 6. The molecule has 1 aliphatic heterocycles. The highest BCUT2D eigenvalue weighted by molar-refractivity contribution is 5.84. The van der Waals surface area contributed by atoms with E-state index >= 15 is 0 Å². The highest BCUT2D eigenvalue weighted by atomic mass is 16.2. The molecule has 0 radical (unpaired) electrons. The van der Waals surface area contributed by atoms with Crippen LogP contribution < -0.4 is 5.32 Å². The lowest BCUT2D eigenvalue weighted by Crippen LogP contribution is -2.46. The van der Waals surface area contributed by atoms with Gasteiger partial charge in [-0.3, -0.25) is 19.3 Å². The number of nitrogens with one attached hydrogen (secondary N) is 1. The van der Waals surface area contributed by atoms with Crippen LogP contribution >= 0.6 is 0 Å². The lowest BCUT2D eigenvalue weighted by Gasteiger charge is -2.28. The maximum Gasteiger partial charge on any atom is 0.236 e. The summed E-state index contributed by atoms with van der Waals surface area (Å²) >= 11 is 0. The van der Waals surface area contributed by atoms with E-state index in [1.165, 1.54) is 0 Å². The summed E-state index contributed by atoms with van der Waals surface area (Å²) in [5, 5.41) is 2.72. The molecule has 6 nitrogen and oxygen atoms in total. The number of nitrogens with zero attached hydrogens (tertiary/aromatic N) is 2. The maximum absolute atomic E-state index is 12.1. The second-order valence-electron chi connectivity index (χ2n) is 4.68. The molecule has 1 aliphatic rings. The van der Waals surface area contributed by atoms with Crippen molar-refractivity contribution in [3.8, 4) is 0 Å². The fourth-order valence-corrected chi connectivity index (χ4v) is 2.03. The van der Waals surface area contributed by atoms with Crippen molar-refractivity contribution in [3.05, 3.63) is 0 Å². The van der Waals surface area contributed by atoms with E-state index in [4.69, 9.17) is 0 Å². The van der Waals surface area contributed by atoms with E-state index in [9.17, 15) is 14.4 Å². The Bertz CT molecular complexity index is 334. The van der Waals surface area contributed by atoms with E-state index in [1.807, 2.05) is 18.7 Å². The van der Waals surface area contributed by atoms with Crippen LogP contribution in [-0.4, -0.2) is 66.7 Å². The Hall–Kier alpha value is -1.43. The second-order valence-corrected chi connectivity index (χ2v) is 4.68. The van der Waals surface area contributed by atoms with Gasteiger partial charge in [0.25, 0.3) is 0 Å². The topological polar surface area (TPSA) is 69.7 Å². The highest BCUT2D eigenvalue weighted by Gasteiger charge is 2.22. The zero-order valence-electron chi connectivity index (χ0n) is 11.8. The fourth-order valence-electron chi connectivity index (χ4n) is 2.03. The number of likely N-dealkylation sites (N-methyl/N-ethyl adjacent to an activating group) is 2. The summed E-state index contributed by atoms with van der Waals surface area (Å²) in [5.41, 5.74) is 0. The van der Waals surface area contributed by atoms with Crippen LogP contribution in [-0.2, 0) is 14.4 Å². The van der Waals surface area contributed by atoms with E-state index in [-0.39, 0.29) is 30.7 Å². The molecule has 0 aliphatic carbocycles. The standard InChI is InChI=1S/C13H23N3O3/c1-3-14-12(18)9-15(4-2)10-13(19)16-7-5-11(17)6-8-16/h3-10H2,1-2H3,(H,14,18). The van der Waals surface area contributed by atoms with Gasteiger partial charge in [-0.2, -0.15) is 0 Å². The molecule has 19 heavy (non-hydrogen) atoms. The first-order valence-corrected chi connectivity index (χ1v) is 6.85. The number of carbonyl (C=O) groups is 3. The van der Waals surface area contributed by atoms with Crippen LogP contribution in [0.3, 0.4) is 0 Å². The van der Waals surface area contributed by atoms with Crippen molar-refractivity contribution >= 4 is 17.6 Å². The molecule has 1 heterocycles. The summed E-state index contributed by atoms with van der Waals surface area (Å²) in [7, 11) is 0. The average molecular weight is 269 g/mol. The van der Waals surface area contributed by atoms with Crippen LogP contribution in [0.15, 0.2) is 0 Å². The van der Waals surface area contributed by atoms with Gasteiger partial charge in [0, 0.05) is 32.5 Å². The number of ketones is 1. The first-order chi connectivity index (χ1) is 9.06. The SMILES string of the molecule is CCNC(=O)CN(CC)CC(=O)N1CCC(=O)CC1. The third-order valence-corrected chi connectivity index (χ3v) is 3.22. The quantitative estimate of drug-likeness (QED) is 0.714. The molecule has 2 amide bonds. The van der Waals surface area contributed by atoms with E-state index in [2.05, 4.69) is 5.32 Å². The monoisotopic (exact) mass is 269 g/mol. The molecule has 0 spiro atoms. The molecule has 0 aromatic heterocycles. The lowest BCUT2D eigenvalue weighted by atomic mass is 10.1. The number of piperidine rings is 1. The number of carbonyl (C=O) groups excluding carboxylic acids is 3. The molecule has 1 saturated heterocycles. The molecule has 0 atom stereocenters. The molecular formula is C13H23N3O3. The van der Waals surface area contributed by atoms with Crippen molar-refractivity contribution in [3.63, 3.8) is 0 Å². The van der Waals surface area contributed by atoms with Gasteiger partial charge in [0.05, 0.1) is 13.1 Å². The molecule has 1 rings (SSSR count). The van der Waals surface area contributed by atoms with Crippen LogP contribution in [0.4, 0.5) is 0 Å². The van der Waals surface area contributed by atoms with Crippen molar-refractivity contribution in [1.29, 1.82) is 0 Å². The summed E-state index contributed by atoms with van der Waals surface area (Å²) in [5.74, 6) is 0.156. The largest absolute Gasteiger partial charge is 0.355 e. The first-order valence-electron chi connectivity index (χ1n) is 6.85. The number of hydrogen-bond donors (Lipinski definition) is 1. The van der Waals surface area contributed by atoms with Gasteiger partial charge >= 0.3 is 0 Å². The van der Waals surface area contributed by atoms with Crippen molar-refractivity contribution in [2.75, 3.05) is 39.3 Å². The number of likely N-dealkylation sites (tertiary alicyclic amines) is 1. The molecule has 0 aromatic rings. The van der Waals surface area contributed by atoms with Crippen molar-refractivity contribution in [1.82, 2.24) is 15.1 Å². The predicted octanol–water partition coefficient (Wildman–Crippen LogP) is -0.364. The molecule has 1 fully saturated rings. The minimum absolute atomic E-state index is 0.00125. The Morgan fingerprint density at radius 2 is 1.84 bits per heavy atom. The van der Waals surface area contributed by atoms with E-state index in [1.54, 1.807) is 4.90 Å². The average Bonchev–Trinajstić information content (AvgIpc) is 2.38. The van der Waals surface area contributed by atoms with Crippen molar-refractivity contribution in [2.45, 2.75) is 26.7 Å². The predicted molar refractivity (Wildman–Crippen MR) is 71.6 cm³/mol. The van der Waals surface area contributed by atoms with E-state index < -0.39 is 0 Å². The van der Waals surface area contributed by atoms with Crippen molar-refractivity contribution in [2.24, 2.45) is 0 Å². The van der Waals surface area contributed by atoms with Crippen LogP contribution in [0.5, 0.6) is 0 Å². The van der Waals surface area contributed by atoms with E-state index in [0.717, 1.165) is 0 Å². The second kappa shape index (κ2) is 7.89. The number of Topliss-reactive ketones (excluding diaryl/α,β-unsaturated/α-hetero) is 1. The summed E-state index contributed by atoms with van der Waals surface area (Å²) in [4.78, 5) is 38.2. The van der Waals surface area contributed by atoms with Gasteiger partial charge in [-0.05, 0) is 13.5 Å². The number of hydrogen-bond acceptors (Lipinski definition) is 4. The van der Waals surface area contributed by atoms with E-state index in [0.29, 0.717) is 39.0 Å². The zero-order chi connectivity index (χ0) is 14.3. The minimum Gasteiger partial charge on any atom is -0.355 e. The Labute approximate surface area is 114 Å². The van der Waals surface area contributed by atoms with Gasteiger partial charge in [0.2, 0.25) is 11.8 Å². The molecule has 1 N–H and O–H groups in total. The normalized spacial score (nSPS) is 15.7. The Kier molecular flexibility index (Phi) is 6.49. The number of amides is 2. The Balaban J connectivity index is 2.40. The van der Waals surface area contributed by atoms with Crippen molar-refractivity contribution < 1.29 is 14.4 Å². The Morgan fingerprint density at radius 3 is 2.37 bits per heavy atom. The van der Waals surface area contributed by atoms with Gasteiger partial charge in [0.1, 0.15) is 5.78 Å². The zero-order valence-corrected chi connectivity index (χ0v) is 11.8. The summed E-state index contributed by atoms with van der Waals surface area (Å²) in [6, 6.07) is 0. The van der Waals surface area contributed by atoms with Crippen LogP contribution in [0.1, 0.15) is 26.7 Å². The summed E-state index contributed by atoms with van der Waals surface area (Å²) in [6.07, 6.45) is 0.905. The van der Waals surface area contributed by atoms with Gasteiger partial charge < -0.3 is 10.2 Å². The molecule has 0 unspecified atom stereocenters. The lowest BCUT2D eigenvalue weighted by molar-refractivity contribution is -0.135. The molecular weight excluding hydrogens is 246 g/mol. The third kappa shape index (κ3) is 5.38.